The van der Waals surface area contributed by atoms with Crippen molar-refractivity contribution in [1.29, 1.82) is 0 Å². The molecule has 8 heteroatoms. The van der Waals surface area contributed by atoms with E-state index in [0.29, 0.717) is 12.1 Å². The van der Waals surface area contributed by atoms with Gasteiger partial charge in [0.1, 0.15) is 5.56 Å². The van der Waals surface area contributed by atoms with Crippen molar-refractivity contribution < 1.29 is 17.9 Å². The van der Waals surface area contributed by atoms with Crippen LogP contribution in [0.15, 0.2) is 30.5 Å². The van der Waals surface area contributed by atoms with E-state index >= 15 is 0 Å². The molecule has 1 heterocycles. The molecule has 0 aliphatic carbocycles. The maximum Gasteiger partial charge on any atom is 0.423 e. The van der Waals surface area contributed by atoms with Crippen LogP contribution in [0.1, 0.15) is 18.9 Å². The zero-order chi connectivity index (χ0) is 16.2. The van der Waals surface area contributed by atoms with Gasteiger partial charge in [0.2, 0.25) is 11.8 Å². The van der Waals surface area contributed by atoms with Crippen LogP contribution in [-0.2, 0) is 6.18 Å². The molecule has 0 radical (unpaired) electrons. The SMILES string of the molecule is CCCOc1nc(Nc2cccc(I)c2)ncc1C(F)(F)F. The van der Waals surface area contributed by atoms with E-state index < -0.39 is 17.6 Å². The Morgan fingerprint density at radius 3 is 2.73 bits per heavy atom. The predicted molar refractivity (Wildman–Crippen MR) is 85.3 cm³/mol. The van der Waals surface area contributed by atoms with Gasteiger partial charge in [-0.15, -0.1) is 0 Å². The van der Waals surface area contributed by atoms with Crippen LogP contribution in [0.2, 0.25) is 0 Å². The third-order valence-electron chi connectivity index (χ3n) is 2.58. The molecule has 4 nitrogen and oxygen atoms in total. The molecule has 1 aromatic carbocycles. The van der Waals surface area contributed by atoms with Crippen LogP contribution in [0.3, 0.4) is 0 Å². The molecule has 1 aromatic heterocycles. The second-order valence-corrected chi connectivity index (χ2v) is 5.64. The number of benzene rings is 1. The molecule has 0 aliphatic heterocycles. The molecule has 0 bridgehead atoms. The highest BCUT2D eigenvalue weighted by Gasteiger charge is 2.36. The second-order valence-electron chi connectivity index (χ2n) is 4.39. The summed E-state index contributed by atoms with van der Waals surface area (Å²) in [6, 6.07) is 7.32. The first kappa shape index (κ1) is 16.8. The summed E-state index contributed by atoms with van der Waals surface area (Å²) in [5.74, 6) is -0.404. The lowest BCUT2D eigenvalue weighted by atomic mass is 10.3. The van der Waals surface area contributed by atoms with Crippen LogP contribution in [0, 0.1) is 3.57 Å². The monoisotopic (exact) mass is 423 g/mol. The van der Waals surface area contributed by atoms with Gasteiger partial charge in [-0.05, 0) is 47.2 Å². The number of alkyl halides is 3. The molecule has 2 aromatic rings. The number of nitrogens with zero attached hydrogens (tertiary/aromatic N) is 2. The lowest BCUT2D eigenvalue weighted by molar-refractivity contribution is -0.139. The Labute approximate surface area is 139 Å². The molecule has 0 aliphatic rings. The molecule has 0 atom stereocenters. The molecule has 22 heavy (non-hydrogen) atoms. The van der Waals surface area contributed by atoms with E-state index in [1.54, 1.807) is 13.0 Å². The fraction of sp³-hybridized carbons (Fsp3) is 0.286. The second kappa shape index (κ2) is 7.12. The molecule has 0 spiro atoms. The normalized spacial score (nSPS) is 11.3. The zero-order valence-corrected chi connectivity index (χ0v) is 13.8. The number of hydrogen-bond acceptors (Lipinski definition) is 4. The Balaban J connectivity index is 2.29. The first-order chi connectivity index (χ1) is 10.4. The van der Waals surface area contributed by atoms with Crippen LogP contribution in [-0.4, -0.2) is 16.6 Å². The van der Waals surface area contributed by atoms with Crippen molar-refractivity contribution in [3.8, 4) is 5.88 Å². The van der Waals surface area contributed by atoms with Crippen LogP contribution >= 0.6 is 22.6 Å². The summed E-state index contributed by atoms with van der Waals surface area (Å²) in [5, 5.41) is 2.87. The minimum Gasteiger partial charge on any atom is -0.477 e. The Morgan fingerprint density at radius 2 is 2.09 bits per heavy atom. The minimum absolute atomic E-state index is 0.0566. The van der Waals surface area contributed by atoms with Gasteiger partial charge in [0.05, 0.1) is 6.61 Å². The summed E-state index contributed by atoms with van der Waals surface area (Å²) in [6.07, 6.45) is -3.24. The molecule has 0 fully saturated rings. The molecule has 1 N–H and O–H groups in total. The van der Waals surface area contributed by atoms with E-state index in [9.17, 15) is 13.2 Å². The largest absolute Gasteiger partial charge is 0.477 e. The minimum atomic E-state index is -4.55. The average Bonchev–Trinajstić information content (AvgIpc) is 2.44. The number of hydrogen-bond donors (Lipinski definition) is 1. The maximum absolute atomic E-state index is 12.9. The van der Waals surface area contributed by atoms with E-state index in [0.717, 1.165) is 9.77 Å². The molecule has 118 valence electrons. The quantitative estimate of drug-likeness (QED) is 0.713. The van der Waals surface area contributed by atoms with Gasteiger partial charge in [-0.2, -0.15) is 18.2 Å². The van der Waals surface area contributed by atoms with E-state index in [-0.39, 0.29) is 12.6 Å². The molecule has 0 saturated heterocycles. The molecular formula is C14H13F3IN3O. The fourth-order valence-corrected chi connectivity index (χ4v) is 2.17. The number of halogens is 4. The van der Waals surface area contributed by atoms with Gasteiger partial charge in [-0.3, -0.25) is 0 Å². The molecule has 0 amide bonds. The summed E-state index contributed by atoms with van der Waals surface area (Å²) in [6.45, 7) is 1.96. The number of anilines is 2. The van der Waals surface area contributed by atoms with Gasteiger partial charge >= 0.3 is 6.18 Å². The van der Waals surface area contributed by atoms with Crippen molar-refractivity contribution in [1.82, 2.24) is 9.97 Å². The fourth-order valence-electron chi connectivity index (χ4n) is 1.62. The highest BCUT2D eigenvalue weighted by Crippen LogP contribution is 2.35. The van der Waals surface area contributed by atoms with Crippen molar-refractivity contribution in [3.05, 3.63) is 39.6 Å². The van der Waals surface area contributed by atoms with Crippen molar-refractivity contribution >= 4 is 34.2 Å². The summed E-state index contributed by atoms with van der Waals surface area (Å²) in [7, 11) is 0. The van der Waals surface area contributed by atoms with E-state index in [1.165, 1.54) is 0 Å². The lowest BCUT2D eigenvalue weighted by Gasteiger charge is -2.13. The Kier molecular flexibility index (Phi) is 5.43. The molecule has 0 saturated carbocycles. The van der Waals surface area contributed by atoms with E-state index in [2.05, 4.69) is 37.9 Å². The number of nitrogens with one attached hydrogen (secondary N) is 1. The summed E-state index contributed by atoms with van der Waals surface area (Å²) in [4.78, 5) is 7.55. The highest BCUT2D eigenvalue weighted by atomic mass is 127. The van der Waals surface area contributed by atoms with E-state index in [4.69, 9.17) is 4.74 Å². The van der Waals surface area contributed by atoms with Gasteiger partial charge < -0.3 is 10.1 Å². The average molecular weight is 423 g/mol. The van der Waals surface area contributed by atoms with Crippen LogP contribution in [0.25, 0.3) is 0 Å². The Morgan fingerprint density at radius 1 is 1.32 bits per heavy atom. The van der Waals surface area contributed by atoms with Crippen molar-refractivity contribution in [2.75, 3.05) is 11.9 Å². The van der Waals surface area contributed by atoms with Crippen molar-refractivity contribution in [2.24, 2.45) is 0 Å². The summed E-state index contributed by atoms with van der Waals surface area (Å²) in [5.41, 5.74) is -0.290. The Bertz CT molecular complexity index is 649. The van der Waals surface area contributed by atoms with E-state index in [1.807, 2.05) is 18.2 Å². The van der Waals surface area contributed by atoms with Crippen LogP contribution in [0.4, 0.5) is 24.8 Å². The van der Waals surface area contributed by atoms with Crippen molar-refractivity contribution in [3.63, 3.8) is 0 Å². The van der Waals surface area contributed by atoms with Crippen LogP contribution in [0.5, 0.6) is 5.88 Å². The summed E-state index contributed by atoms with van der Waals surface area (Å²) < 4.78 is 44.8. The van der Waals surface area contributed by atoms with Gasteiger partial charge in [0.25, 0.3) is 0 Å². The number of ether oxygens (including phenoxy) is 1. The first-order valence-electron chi connectivity index (χ1n) is 6.49. The third kappa shape index (κ3) is 4.46. The van der Waals surface area contributed by atoms with Gasteiger partial charge in [0.15, 0.2) is 0 Å². The number of aromatic nitrogens is 2. The summed E-state index contributed by atoms with van der Waals surface area (Å²) >= 11 is 2.13. The Hall–Kier alpha value is -1.58. The molecular weight excluding hydrogens is 410 g/mol. The lowest BCUT2D eigenvalue weighted by Crippen LogP contribution is -2.12. The smallest absolute Gasteiger partial charge is 0.423 e. The maximum atomic E-state index is 12.9. The zero-order valence-electron chi connectivity index (χ0n) is 11.6. The molecule has 0 unspecified atom stereocenters. The first-order valence-corrected chi connectivity index (χ1v) is 7.57. The van der Waals surface area contributed by atoms with Gasteiger partial charge in [-0.1, -0.05) is 13.0 Å². The standard InChI is InChI=1S/C14H13F3IN3O/c1-2-6-22-12-11(14(15,16)17)8-19-13(21-12)20-10-5-3-4-9(18)7-10/h3-5,7-8H,2,6H2,1H3,(H,19,20,21). The van der Waals surface area contributed by atoms with Gasteiger partial charge in [-0.25, -0.2) is 4.98 Å². The third-order valence-corrected chi connectivity index (χ3v) is 3.25. The molecule has 2 rings (SSSR count). The predicted octanol–water partition coefficient (Wildman–Crippen LogP) is 4.63. The van der Waals surface area contributed by atoms with Gasteiger partial charge in [0, 0.05) is 15.5 Å². The van der Waals surface area contributed by atoms with Crippen molar-refractivity contribution in [2.45, 2.75) is 19.5 Å². The van der Waals surface area contributed by atoms with Crippen LogP contribution < -0.4 is 10.1 Å². The number of rotatable bonds is 5. The highest BCUT2D eigenvalue weighted by molar-refractivity contribution is 14.1. The topological polar surface area (TPSA) is 47.0 Å².